The van der Waals surface area contributed by atoms with Crippen LogP contribution in [0.5, 0.6) is 0 Å². The van der Waals surface area contributed by atoms with Gasteiger partial charge in [-0.3, -0.25) is 0 Å². The lowest BCUT2D eigenvalue weighted by molar-refractivity contribution is 0.385. The summed E-state index contributed by atoms with van der Waals surface area (Å²) in [7, 11) is 0. The van der Waals surface area contributed by atoms with Gasteiger partial charge in [-0.2, -0.15) is 0 Å². The standard InChI is InChI=1S/CH3NO2S/c2-5-1(3)4/h2-4H. The molecule has 0 spiro atoms. The van der Waals surface area contributed by atoms with Crippen molar-refractivity contribution in [1.29, 1.82) is 4.78 Å². The highest BCUT2D eigenvalue weighted by Gasteiger charge is 1.64. The maximum atomic E-state index is 7.61. The minimum Gasteiger partial charge on any atom is -0.332 e. The summed E-state index contributed by atoms with van der Waals surface area (Å²) in [5.74, 6) is 0. The van der Waals surface area contributed by atoms with E-state index in [0.717, 1.165) is 0 Å². The molecule has 0 radical (unpaired) electrons. The Hall–Kier alpha value is -0.190. The zero-order valence-electron chi connectivity index (χ0n) is 2.30. The summed E-state index contributed by atoms with van der Waals surface area (Å²) in [6.07, 6.45) is 0. The molecule has 0 saturated carbocycles. The van der Waals surface area contributed by atoms with Crippen LogP contribution >= 0.6 is 0 Å². The minimum absolute atomic E-state index is 0.157. The second-order valence-electron chi connectivity index (χ2n) is 0.385. The molecule has 30 valence electrons. The molecule has 0 aromatic rings. The summed E-state index contributed by atoms with van der Waals surface area (Å²) in [4.78, 5) is 0. The second-order valence-corrected chi connectivity index (χ2v) is 0.954. The van der Waals surface area contributed by atoms with Crippen LogP contribution in [0.3, 0.4) is 0 Å². The first kappa shape index (κ1) is 4.81. The third kappa shape index (κ3) is 3.81. The number of rotatable bonds is 0. The second kappa shape index (κ2) is 2.07. The highest BCUT2D eigenvalue weighted by atomic mass is 32.1. The van der Waals surface area contributed by atoms with Crippen LogP contribution in [0.4, 0.5) is 0 Å². The van der Waals surface area contributed by atoms with E-state index < -0.39 is 5.24 Å². The van der Waals surface area contributed by atoms with Gasteiger partial charge in [-0.1, -0.05) is 0 Å². The fraction of sp³-hybridized carbons (Fsp3) is 0. The minimum atomic E-state index is -0.912. The van der Waals surface area contributed by atoms with E-state index >= 15 is 0 Å². The van der Waals surface area contributed by atoms with Gasteiger partial charge >= 0.3 is 0 Å². The molecule has 0 atom stereocenters. The van der Waals surface area contributed by atoms with Gasteiger partial charge in [0, 0.05) is 11.1 Å². The van der Waals surface area contributed by atoms with Crippen molar-refractivity contribution in [2.75, 3.05) is 0 Å². The first-order valence-corrected chi connectivity index (χ1v) is 1.67. The summed E-state index contributed by atoms with van der Waals surface area (Å²) < 4.78 is 6.04. The summed E-state index contributed by atoms with van der Waals surface area (Å²) in [6, 6.07) is 0. The molecular formula is CH3NO2S. The van der Waals surface area contributed by atoms with Crippen LogP contribution in [-0.2, 0) is 11.1 Å². The molecule has 3 N–H and O–H groups in total. The highest BCUT2D eigenvalue weighted by Crippen LogP contribution is 1.40. The summed E-state index contributed by atoms with van der Waals surface area (Å²) in [5, 5.41) is 14.3. The lowest BCUT2D eigenvalue weighted by atomic mass is 11.5. The van der Waals surface area contributed by atoms with Crippen molar-refractivity contribution in [1.82, 2.24) is 0 Å². The van der Waals surface area contributed by atoms with E-state index in [1.165, 1.54) is 0 Å². The Morgan fingerprint density at radius 3 is 1.80 bits per heavy atom. The van der Waals surface area contributed by atoms with E-state index in [2.05, 4.69) is 0 Å². The fourth-order valence-electron chi connectivity index (χ4n) is 0. The normalized spacial score (nSPS) is 6.80. The average molecular weight is 93.1 g/mol. The van der Waals surface area contributed by atoms with Gasteiger partial charge in [0.15, 0.2) is 0 Å². The number of hydrogen-bond donors (Lipinski definition) is 3. The lowest BCUT2D eigenvalue weighted by Crippen LogP contribution is -1.86. The van der Waals surface area contributed by atoms with Crippen molar-refractivity contribution in [3.63, 3.8) is 0 Å². The van der Waals surface area contributed by atoms with Crippen LogP contribution < -0.4 is 0 Å². The zero-order chi connectivity index (χ0) is 4.28. The van der Waals surface area contributed by atoms with Crippen molar-refractivity contribution in [2.24, 2.45) is 0 Å². The Balaban J connectivity index is 3.60. The Labute approximate surface area is 32.4 Å². The molecule has 0 fully saturated rings. The van der Waals surface area contributed by atoms with Crippen molar-refractivity contribution in [3.05, 3.63) is 0 Å². The quantitative estimate of drug-likeness (QED) is 0.370. The predicted molar refractivity (Wildman–Crippen MR) is 20.3 cm³/mol. The molecule has 5 heavy (non-hydrogen) atoms. The van der Waals surface area contributed by atoms with Crippen LogP contribution in [0.25, 0.3) is 0 Å². The lowest BCUT2D eigenvalue weighted by Gasteiger charge is -1.65. The topological polar surface area (TPSA) is 64.3 Å². The smallest absolute Gasteiger partial charge is 0.255 e. The van der Waals surface area contributed by atoms with E-state index in [0.29, 0.717) is 0 Å². The van der Waals surface area contributed by atoms with Gasteiger partial charge in [-0.25, -0.2) is 4.78 Å². The average Bonchev–Trinajstić information content (AvgIpc) is 1.38. The highest BCUT2D eigenvalue weighted by molar-refractivity contribution is 7.66. The molecule has 0 unspecified atom stereocenters. The van der Waals surface area contributed by atoms with Gasteiger partial charge in [-0.05, 0) is 0 Å². The number of nitrogens with one attached hydrogen (secondary N) is 1. The van der Waals surface area contributed by atoms with E-state index in [9.17, 15) is 0 Å². The summed E-state index contributed by atoms with van der Waals surface area (Å²) >= 11 is 0.157. The Morgan fingerprint density at radius 2 is 1.80 bits per heavy atom. The molecule has 0 heterocycles. The Bertz CT molecular complexity index is 69.7. The molecule has 0 aliphatic rings. The van der Waals surface area contributed by atoms with Crippen LogP contribution in [0.15, 0.2) is 0 Å². The van der Waals surface area contributed by atoms with Gasteiger partial charge in [0.25, 0.3) is 5.24 Å². The fourth-order valence-corrected chi connectivity index (χ4v) is 0. The van der Waals surface area contributed by atoms with Gasteiger partial charge < -0.3 is 10.2 Å². The molecule has 0 aliphatic heterocycles. The number of hydrogen-bond acceptors (Lipinski definition) is 1. The maximum Gasteiger partial charge on any atom is 0.255 e. The van der Waals surface area contributed by atoms with Crippen LogP contribution in [0.2, 0.25) is 0 Å². The van der Waals surface area contributed by atoms with Gasteiger partial charge in [0.2, 0.25) is 0 Å². The molecule has 3 nitrogen and oxygen atoms in total. The van der Waals surface area contributed by atoms with E-state index in [1.807, 2.05) is 0 Å². The first-order valence-electron chi connectivity index (χ1n) is 0.855. The molecule has 0 amide bonds. The number of aliphatic hydroxyl groups is 2. The first-order chi connectivity index (χ1) is 2.27. The van der Waals surface area contributed by atoms with Gasteiger partial charge in [-0.15, -0.1) is 0 Å². The van der Waals surface area contributed by atoms with Crippen molar-refractivity contribution >= 4 is 16.4 Å². The molecule has 4 heteroatoms. The molecular weight excluding hydrogens is 90.1 g/mol. The van der Waals surface area contributed by atoms with Crippen molar-refractivity contribution < 1.29 is 10.2 Å². The van der Waals surface area contributed by atoms with Crippen LogP contribution in [0, 0.1) is 4.78 Å². The van der Waals surface area contributed by atoms with Crippen LogP contribution in [-0.4, -0.2) is 15.4 Å². The van der Waals surface area contributed by atoms with E-state index in [-0.39, 0.29) is 11.1 Å². The van der Waals surface area contributed by atoms with E-state index in [1.54, 1.807) is 0 Å². The maximum absolute atomic E-state index is 7.61. The van der Waals surface area contributed by atoms with Crippen molar-refractivity contribution in [3.8, 4) is 0 Å². The zero-order valence-corrected chi connectivity index (χ0v) is 3.12. The van der Waals surface area contributed by atoms with E-state index in [4.69, 9.17) is 15.0 Å². The summed E-state index contributed by atoms with van der Waals surface area (Å²) in [6.45, 7) is 0. The molecule has 0 bridgehead atoms. The largest absolute Gasteiger partial charge is 0.332 e. The molecule has 0 aromatic heterocycles. The molecule has 0 aromatic carbocycles. The van der Waals surface area contributed by atoms with Crippen molar-refractivity contribution in [2.45, 2.75) is 0 Å². The van der Waals surface area contributed by atoms with Gasteiger partial charge in [0.1, 0.15) is 0 Å². The Morgan fingerprint density at radius 1 is 1.60 bits per heavy atom. The summed E-state index contributed by atoms with van der Waals surface area (Å²) in [5.41, 5.74) is 0. The SMILES string of the molecule is N=S=C(O)O. The third-order valence-electron chi connectivity index (χ3n) is 0.0913. The number of aliphatic hydroxyl groups excluding tert-OH is 1. The third-order valence-corrected chi connectivity index (χ3v) is 0.274. The molecule has 0 aliphatic carbocycles. The predicted octanol–water partition coefficient (Wildman–Crippen LogP) is 0.0348. The van der Waals surface area contributed by atoms with Gasteiger partial charge in [0.05, 0.1) is 0 Å². The van der Waals surface area contributed by atoms with Crippen LogP contribution in [0.1, 0.15) is 0 Å². The monoisotopic (exact) mass is 93.0 g/mol. The molecule has 0 rings (SSSR count). The Kier molecular flexibility index (Phi) is 1.99. The molecule has 0 saturated heterocycles.